The molecule has 0 radical (unpaired) electrons. The maximum Gasteiger partial charge on any atom is 0.102 e. The van der Waals surface area contributed by atoms with Crippen LogP contribution in [0.25, 0.3) is 0 Å². The smallest absolute Gasteiger partial charge is 0.102 e. The molecule has 0 aliphatic rings. The number of hydrogen-bond donors (Lipinski definition) is 1. The molecule has 0 saturated carbocycles. The minimum Gasteiger partial charge on any atom is -0.384 e. The van der Waals surface area contributed by atoms with Crippen molar-refractivity contribution in [3.8, 4) is 6.07 Å². The number of nitriles is 1. The van der Waals surface area contributed by atoms with Crippen molar-refractivity contribution in [1.82, 2.24) is 4.98 Å². The van der Waals surface area contributed by atoms with Crippen LogP contribution in [0.4, 0.5) is 5.69 Å². The van der Waals surface area contributed by atoms with Crippen LogP contribution in [0.2, 0.25) is 0 Å². The summed E-state index contributed by atoms with van der Waals surface area (Å²) in [6, 6.07) is 14.0. The Morgan fingerprint density at radius 1 is 1.26 bits per heavy atom. The van der Waals surface area contributed by atoms with E-state index in [-0.39, 0.29) is 0 Å². The van der Waals surface area contributed by atoms with Crippen molar-refractivity contribution in [2.75, 3.05) is 18.1 Å². The van der Waals surface area contributed by atoms with Crippen LogP contribution in [0.1, 0.15) is 11.3 Å². The normalized spacial score (nSPS) is 9.89. The molecule has 1 aromatic heterocycles. The molecule has 0 bridgehead atoms. The van der Waals surface area contributed by atoms with Gasteiger partial charge in [0.2, 0.25) is 0 Å². The van der Waals surface area contributed by atoms with Crippen molar-refractivity contribution in [2.24, 2.45) is 0 Å². The topological polar surface area (TPSA) is 48.7 Å². The Labute approximate surface area is 117 Å². The molecule has 19 heavy (non-hydrogen) atoms. The summed E-state index contributed by atoms with van der Waals surface area (Å²) in [6.45, 7) is 0.767. The Kier molecular flexibility index (Phi) is 4.82. The molecule has 0 saturated heterocycles. The summed E-state index contributed by atoms with van der Waals surface area (Å²) in [5, 5.41) is 12.5. The fraction of sp³-hybridized carbons (Fsp3) is 0.200. The van der Waals surface area contributed by atoms with Gasteiger partial charge in [-0.2, -0.15) is 5.26 Å². The summed E-state index contributed by atoms with van der Waals surface area (Å²) in [5.74, 6) is 0. The molecule has 2 aromatic rings. The molecule has 0 atom stereocenters. The van der Waals surface area contributed by atoms with E-state index < -0.39 is 0 Å². The van der Waals surface area contributed by atoms with Crippen LogP contribution in [-0.4, -0.2) is 17.8 Å². The van der Waals surface area contributed by atoms with Gasteiger partial charge < -0.3 is 5.32 Å². The molecule has 4 heteroatoms. The SMILES string of the molecule is CSc1cccc(NCCc2ccccn2)c1C#N. The maximum atomic E-state index is 9.23. The fourth-order valence-electron chi connectivity index (χ4n) is 1.84. The molecule has 2 rings (SSSR count). The fourth-order valence-corrected chi connectivity index (χ4v) is 2.41. The lowest BCUT2D eigenvalue weighted by Crippen LogP contribution is -2.07. The highest BCUT2D eigenvalue weighted by Gasteiger charge is 2.06. The third kappa shape index (κ3) is 3.49. The Morgan fingerprint density at radius 3 is 2.84 bits per heavy atom. The van der Waals surface area contributed by atoms with Crippen LogP contribution in [-0.2, 0) is 6.42 Å². The van der Waals surface area contributed by atoms with Crippen LogP contribution in [0.15, 0.2) is 47.5 Å². The number of benzene rings is 1. The number of aromatic nitrogens is 1. The molecule has 1 heterocycles. The predicted octanol–water partition coefficient (Wildman–Crippen LogP) is 3.33. The van der Waals surface area contributed by atoms with Crippen molar-refractivity contribution < 1.29 is 0 Å². The highest BCUT2D eigenvalue weighted by molar-refractivity contribution is 7.98. The van der Waals surface area contributed by atoms with E-state index >= 15 is 0 Å². The molecular formula is C15H15N3S. The summed E-state index contributed by atoms with van der Waals surface area (Å²) in [6.07, 6.45) is 4.62. The van der Waals surface area contributed by atoms with Crippen LogP contribution >= 0.6 is 11.8 Å². The zero-order chi connectivity index (χ0) is 13.5. The van der Waals surface area contributed by atoms with Crippen molar-refractivity contribution >= 4 is 17.4 Å². The van der Waals surface area contributed by atoms with Crippen molar-refractivity contribution in [2.45, 2.75) is 11.3 Å². The first kappa shape index (κ1) is 13.4. The lowest BCUT2D eigenvalue weighted by molar-refractivity contribution is 0.960. The standard InChI is InChI=1S/C15H15N3S/c1-19-15-7-4-6-14(13(15)11-16)18-10-8-12-5-2-3-9-17-12/h2-7,9,18H,8,10H2,1H3. The van der Waals surface area contributed by atoms with Gasteiger partial charge in [-0.1, -0.05) is 12.1 Å². The number of hydrogen-bond acceptors (Lipinski definition) is 4. The van der Waals surface area contributed by atoms with Crippen molar-refractivity contribution in [1.29, 1.82) is 5.26 Å². The minimum absolute atomic E-state index is 0.719. The van der Waals surface area contributed by atoms with Crippen molar-refractivity contribution in [3.05, 3.63) is 53.9 Å². The molecule has 0 aliphatic carbocycles. The zero-order valence-electron chi connectivity index (χ0n) is 10.8. The lowest BCUT2D eigenvalue weighted by atomic mass is 10.2. The van der Waals surface area contributed by atoms with Gasteiger partial charge in [-0.15, -0.1) is 11.8 Å². The van der Waals surface area contributed by atoms with Crippen molar-refractivity contribution in [3.63, 3.8) is 0 Å². The number of anilines is 1. The first-order chi connectivity index (χ1) is 9.35. The molecule has 0 spiro atoms. The van der Waals surface area contributed by atoms with Gasteiger partial charge in [0, 0.05) is 29.8 Å². The van der Waals surface area contributed by atoms with E-state index in [0.717, 1.165) is 34.8 Å². The average molecular weight is 269 g/mol. The second kappa shape index (κ2) is 6.81. The second-order valence-electron chi connectivity index (χ2n) is 3.99. The molecule has 1 aromatic carbocycles. The van der Waals surface area contributed by atoms with Crippen LogP contribution in [0.3, 0.4) is 0 Å². The molecule has 0 fully saturated rings. The van der Waals surface area contributed by atoms with E-state index in [1.165, 1.54) is 0 Å². The average Bonchev–Trinajstić information content (AvgIpc) is 2.48. The van der Waals surface area contributed by atoms with Gasteiger partial charge in [0.25, 0.3) is 0 Å². The molecule has 3 nitrogen and oxygen atoms in total. The Morgan fingerprint density at radius 2 is 2.16 bits per heavy atom. The van der Waals surface area contributed by atoms with Gasteiger partial charge in [0.15, 0.2) is 0 Å². The number of nitrogens with one attached hydrogen (secondary N) is 1. The second-order valence-corrected chi connectivity index (χ2v) is 4.84. The van der Waals surface area contributed by atoms with E-state index in [4.69, 9.17) is 0 Å². The first-order valence-electron chi connectivity index (χ1n) is 6.06. The Hall–Kier alpha value is -1.99. The summed E-state index contributed by atoms with van der Waals surface area (Å²) in [4.78, 5) is 5.28. The van der Waals surface area contributed by atoms with Gasteiger partial charge in [-0.3, -0.25) is 4.98 Å². The largest absolute Gasteiger partial charge is 0.384 e. The summed E-state index contributed by atoms with van der Waals surface area (Å²) in [5.41, 5.74) is 2.66. The monoisotopic (exact) mass is 269 g/mol. The van der Waals surface area contributed by atoms with E-state index in [2.05, 4.69) is 16.4 Å². The molecule has 1 N–H and O–H groups in total. The van der Waals surface area contributed by atoms with Gasteiger partial charge >= 0.3 is 0 Å². The highest BCUT2D eigenvalue weighted by Crippen LogP contribution is 2.26. The van der Waals surface area contributed by atoms with Crippen LogP contribution in [0, 0.1) is 11.3 Å². The third-order valence-corrected chi connectivity index (χ3v) is 3.56. The molecule has 0 amide bonds. The number of rotatable bonds is 5. The van der Waals surface area contributed by atoms with Gasteiger partial charge in [-0.25, -0.2) is 0 Å². The van der Waals surface area contributed by atoms with E-state index in [0.29, 0.717) is 0 Å². The lowest BCUT2D eigenvalue weighted by Gasteiger charge is -2.10. The van der Waals surface area contributed by atoms with E-state index in [1.807, 2.05) is 42.7 Å². The number of nitrogens with zero attached hydrogens (tertiary/aromatic N) is 2. The molecular weight excluding hydrogens is 254 g/mol. The minimum atomic E-state index is 0.719. The molecule has 96 valence electrons. The predicted molar refractivity (Wildman–Crippen MR) is 79.4 cm³/mol. The van der Waals surface area contributed by atoms with Crippen LogP contribution < -0.4 is 5.32 Å². The molecule has 0 aliphatic heterocycles. The quantitative estimate of drug-likeness (QED) is 0.846. The van der Waals surface area contributed by atoms with Gasteiger partial charge in [0.1, 0.15) is 6.07 Å². The molecule has 0 unspecified atom stereocenters. The van der Waals surface area contributed by atoms with E-state index in [1.54, 1.807) is 18.0 Å². The van der Waals surface area contributed by atoms with Gasteiger partial charge in [-0.05, 0) is 30.5 Å². The summed E-state index contributed by atoms with van der Waals surface area (Å²) in [7, 11) is 0. The number of pyridine rings is 1. The van der Waals surface area contributed by atoms with Crippen LogP contribution in [0.5, 0.6) is 0 Å². The van der Waals surface area contributed by atoms with Gasteiger partial charge in [0.05, 0.1) is 11.3 Å². The summed E-state index contributed by atoms with van der Waals surface area (Å²) < 4.78 is 0. The summed E-state index contributed by atoms with van der Waals surface area (Å²) >= 11 is 1.59. The zero-order valence-corrected chi connectivity index (χ0v) is 11.6. The number of thioether (sulfide) groups is 1. The first-order valence-corrected chi connectivity index (χ1v) is 7.28. The maximum absolute atomic E-state index is 9.23. The Balaban J connectivity index is 2.02. The third-order valence-electron chi connectivity index (χ3n) is 2.78. The highest BCUT2D eigenvalue weighted by atomic mass is 32.2. The van der Waals surface area contributed by atoms with E-state index in [9.17, 15) is 5.26 Å². The Bertz CT molecular complexity index is 576.